The van der Waals surface area contributed by atoms with E-state index in [4.69, 9.17) is 4.55 Å². The third-order valence-electron chi connectivity index (χ3n) is 5.74. The first-order valence-corrected chi connectivity index (χ1v) is 14.1. The molecule has 30 heavy (non-hydrogen) atoms. The van der Waals surface area contributed by atoms with Crippen LogP contribution in [-0.2, 0) is 14.6 Å². The standard InChI is InChI=1S/C25H50O4S/c1-3-5-7-9-11-12-13-14-15-17-19-21-23-25(24-29-30(26,27)28)22-20-18-16-10-8-6-4-2/h20,22,25H,3-19,21,23-24H2,1-2H3,(H,26,27,28)/b22-20+. The Morgan fingerprint density at radius 2 is 1.13 bits per heavy atom. The molecule has 1 N–H and O–H groups in total. The van der Waals surface area contributed by atoms with Crippen molar-refractivity contribution < 1.29 is 17.2 Å². The number of hydrogen-bond donors (Lipinski definition) is 1. The Bertz CT molecular complexity index is 474. The van der Waals surface area contributed by atoms with Crippen molar-refractivity contribution in [2.45, 2.75) is 136 Å². The maximum absolute atomic E-state index is 10.9. The van der Waals surface area contributed by atoms with Crippen molar-refractivity contribution in [1.82, 2.24) is 0 Å². The van der Waals surface area contributed by atoms with E-state index in [0.29, 0.717) is 0 Å². The third kappa shape index (κ3) is 23.9. The van der Waals surface area contributed by atoms with E-state index >= 15 is 0 Å². The van der Waals surface area contributed by atoms with Crippen LogP contribution in [0, 0.1) is 5.92 Å². The zero-order valence-electron chi connectivity index (χ0n) is 20.0. The summed E-state index contributed by atoms with van der Waals surface area (Å²) in [5.74, 6) is 0.0608. The number of rotatable bonds is 23. The molecule has 0 aromatic carbocycles. The van der Waals surface area contributed by atoms with Crippen LogP contribution in [0.5, 0.6) is 0 Å². The van der Waals surface area contributed by atoms with Gasteiger partial charge in [0.15, 0.2) is 0 Å². The van der Waals surface area contributed by atoms with E-state index in [1.54, 1.807) is 0 Å². The Balaban J connectivity index is 3.84. The highest BCUT2D eigenvalue weighted by Gasteiger charge is 2.11. The molecule has 0 aromatic rings. The van der Waals surface area contributed by atoms with Gasteiger partial charge < -0.3 is 0 Å². The molecule has 0 heterocycles. The van der Waals surface area contributed by atoms with E-state index in [0.717, 1.165) is 19.3 Å². The Hall–Kier alpha value is -0.390. The van der Waals surface area contributed by atoms with Crippen molar-refractivity contribution in [1.29, 1.82) is 0 Å². The van der Waals surface area contributed by atoms with Crippen LogP contribution in [0.1, 0.15) is 136 Å². The Morgan fingerprint density at radius 1 is 0.700 bits per heavy atom. The summed E-state index contributed by atoms with van der Waals surface area (Å²) in [7, 11) is -4.35. The molecule has 1 atom stereocenters. The summed E-state index contributed by atoms with van der Waals surface area (Å²) < 4.78 is 35.3. The maximum atomic E-state index is 10.9. The van der Waals surface area contributed by atoms with E-state index in [9.17, 15) is 8.42 Å². The number of hydrogen-bond acceptors (Lipinski definition) is 3. The fourth-order valence-electron chi connectivity index (χ4n) is 3.81. The monoisotopic (exact) mass is 446 g/mol. The minimum atomic E-state index is -4.35. The third-order valence-corrected chi connectivity index (χ3v) is 6.18. The van der Waals surface area contributed by atoms with Crippen LogP contribution in [-0.4, -0.2) is 19.6 Å². The molecule has 0 saturated carbocycles. The van der Waals surface area contributed by atoms with Gasteiger partial charge in [0.25, 0.3) is 0 Å². The van der Waals surface area contributed by atoms with Crippen LogP contribution < -0.4 is 0 Å². The van der Waals surface area contributed by atoms with Crippen molar-refractivity contribution >= 4 is 10.4 Å². The number of allylic oxidation sites excluding steroid dienone is 1. The van der Waals surface area contributed by atoms with Gasteiger partial charge in [-0.2, -0.15) is 8.42 Å². The van der Waals surface area contributed by atoms with Crippen molar-refractivity contribution in [2.75, 3.05) is 6.61 Å². The Labute approximate surface area is 188 Å². The van der Waals surface area contributed by atoms with Gasteiger partial charge >= 0.3 is 10.4 Å². The molecule has 4 nitrogen and oxygen atoms in total. The molecule has 0 saturated heterocycles. The summed E-state index contributed by atoms with van der Waals surface area (Å²) in [6.07, 6.45) is 28.2. The normalized spacial score (nSPS) is 13.3. The molecule has 0 spiro atoms. The molecular formula is C25H50O4S. The van der Waals surface area contributed by atoms with Gasteiger partial charge in [0.2, 0.25) is 0 Å². The molecule has 180 valence electrons. The second-order valence-corrected chi connectivity index (χ2v) is 9.87. The van der Waals surface area contributed by atoms with Crippen molar-refractivity contribution in [3.8, 4) is 0 Å². The van der Waals surface area contributed by atoms with Crippen LogP contribution in [0.15, 0.2) is 12.2 Å². The highest BCUT2D eigenvalue weighted by atomic mass is 32.3. The Morgan fingerprint density at radius 3 is 1.60 bits per heavy atom. The minimum Gasteiger partial charge on any atom is -0.264 e. The predicted molar refractivity (Wildman–Crippen MR) is 129 cm³/mol. The first-order chi connectivity index (χ1) is 14.5. The summed E-state index contributed by atoms with van der Waals surface area (Å²) in [5.41, 5.74) is 0. The summed E-state index contributed by atoms with van der Waals surface area (Å²) in [6, 6.07) is 0. The average molecular weight is 447 g/mol. The zero-order chi connectivity index (χ0) is 22.3. The van der Waals surface area contributed by atoms with Gasteiger partial charge in [-0.1, -0.05) is 129 Å². The summed E-state index contributed by atoms with van der Waals surface area (Å²) in [6.45, 7) is 4.52. The smallest absolute Gasteiger partial charge is 0.264 e. The highest BCUT2D eigenvalue weighted by Crippen LogP contribution is 2.17. The van der Waals surface area contributed by atoms with Crippen molar-refractivity contribution in [3.05, 3.63) is 12.2 Å². The van der Waals surface area contributed by atoms with Gasteiger partial charge in [-0.15, -0.1) is 0 Å². The van der Waals surface area contributed by atoms with E-state index < -0.39 is 10.4 Å². The summed E-state index contributed by atoms with van der Waals surface area (Å²) in [4.78, 5) is 0. The predicted octanol–water partition coefficient (Wildman–Crippen LogP) is 8.43. The molecule has 0 bridgehead atoms. The largest absolute Gasteiger partial charge is 0.397 e. The minimum absolute atomic E-state index is 0.0448. The molecule has 0 fully saturated rings. The lowest BCUT2D eigenvalue weighted by Gasteiger charge is -2.12. The van der Waals surface area contributed by atoms with Crippen LogP contribution in [0.3, 0.4) is 0 Å². The zero-order valence-corrected chi connectivity index (χ0v) is 20.8. The van der Waals surface area contributed by atoms with E-state index in [1.165, 1.54) is 103 Å². The topological polar surface area (TPSA) is 63.6 Å². The van der Waals surface area contributed by atoms with Crippen LogP contribution in [0.2, 0.25) is 0 Å². The van der Waals surface area contributed by atoms with Crippen LogP contribution >= 0.6 is 0 Å². The van der Waals surface area contributed by atoms with Crippen LogP contribution in [0.25, 0.3) is 0 Å². The molecule has 1 unspecified atom stereocenters. The average Bonchev–Trinajstić information content (AvgIpc) is 2.70. The first-order valence-electron chi connectivity index (χ1n) is 12.8. The molecule has 0 amide bonds. The van der Waals surface area contributed by atoms with Gasteiger partial charge in [-0.25, -0.2) is 4.18 Å². The maximum Gasteiger partial charge on any atom is 0.397 e. The van der Waals surface area contributed by atoms with Gasteiger partial charge in [-0.3, -0.25) is 4.55 Å². The molecular weight excluding hydrogens is 396 g/mol. The molecule has 0 radical (unpaired) electrons. The quantitative estimate of drug-likeness (QED) is 0.0971. The summed E-state index contributed by atoms with van der Waals surface area (Å²) >= 11 is 0. The molecule has 0 aliphatic heterocycles. The fraction of sp³-hybridized carbons (Fsp3) is 0.920. The lowest BCUT2D eigenvalue weighted by atomic mass is 9.99. The van der Waals surface area contributed by atoms with Gasteiger partial charge in [-0.05, 0) is 19.3 Å². The highest BCUT2D eigenvalue weighted by molar-refractivity contribution is 7.80. The first kappa shape index (κ1) is 29.6. The van der Waals surface area contributed by atoms with Crippen molar-refractivity contribution in [3.63, 3.8) is 0 Å². The fourth-order valence-corrected chi connectivity index (χ4v) is 4.16. The van der Waals surface area contributed by atoms with Gasteiger partial charge in [0, 0.05) is 5.92 Å². The SMILES string of the molecule is CCCCCCC/C=C/C(CCCCCCCCCCCCCC)COS(=O)(=O)O. The van der Waals surface area contributed by atoms with Crippen molar-refractivity contribution in [2.24, 2.45) is 5.92 Å². The lowest BCUT2D eigenvalue weighted by molar-refractivity contribution is 0.234. The Kier molecular flexibility index (Phi) is 21.5. The lowest BCUT2D eigenvalue weighted by Crippen LogP contribution is -2.12. The van der Waals surface area contributed by atoms with Crippen LogP contribution in [0.4, 0.5) is 0 Å². The van der Waals surface area contributed by atoms with E-state index in [1.807, 2.05) is 0 Å². The molecule has 5 heteroatoms. The van der Waals surface area contributed by atoms with Gasteiger partial charge in [0.05, 0.1) is 6.61 Å². The molecule has 0 rings (SSSR count). The second-order valence-electron chi connectivity index (χ2n) is 8.78. The molecule has 0 aliphatic rings. The second kappa shape index (κ2) is 21.8. The van der Waals surface area contributed by atoms with E-state index in [-0.39, 0.29) is 12.5 Å². The summed E-state index contributed by atoms with van der Waals surface area (Å²) in [5, 5.41) is 0. The molecule has 0 aromatic heterocycles. The number of unbranched alkanes of at least 4 members (excludes halogenated alkanes) is 16. The molecule has 0 aliphatic carbocycles. The van der Waals surface area contributed by atoms with Gasteiger partial charge in [0.1, 0.15) is 0 Å². The van der Waals surface area contributed by atoms with E-state index in [2.05, 4.69) is 30.2 Å².